The lowest BCUT2D eigenvalue weighted by Gasteiger charge is -2.10. The number of alkyl halides is 3. The Morgan fingerprint density at radius 1 is 0.966 bits per heavy atom. The minimum Gasteiger partial charge on any atom is -0.322 e. The van der Waals surface area contributed by atoms with Gasteiger partial charge in [0.25, 0.3) is 5.91 Å². The summed E-state index contributed by atoms with van der Waals surface area (Å²) in [6.45, 7) is 0. The molecule has 0 radical (unpaired) electrons. The number of amides is 1. The molecule has 0 atom stereocenters. The van der Waals surface area contributed by atoms with Gasteiger partial charge < -0.3 is 5.32 Å². The maximum Gasteiger partial charge on any atom is 0.416 e. The second-order valence-corrected chi connectivity index (χ2v) is 6.65. The number of nitrogens with one attached hydrogen (secondary N) is 1. The number of fused-ring (bicyclic) bond motifs is 1. The van der Waals surface area contributed by atoms with E-state index in [1.807, 2.05) is 37.4 Å². The Morgan fingerprint density at radius 2 is 1.69 bits per heavy atom. The number of hydrogen-bond donors (Lipinski definition) is 1. The summed E-state index contributed by atoms with van der Waals surface area (Å²) in [7, 11) is 1.87. The number of aryl methyl sites for hydroxylation is 1. The highest BCUT2D eigenvalue weighted by molar-refractivity contribution is 6.04. The molecule has 146 valence electrons. The van der Waals surface area contributed by atoms with Crippen molar-refractivity contribution in [1.82, 2.24) is 9.78 Å². The highest BCUT2D eigenvalue weighted by Crippen LogP contribution is 2.30. The van der Waals surface area contributed by atoms with E-state index >= 15 is 0 Å². The van der Waals surface area contributed by atoms with Gasteiger partial charge in [-0.3, -0.25) is 9.48 Å². The molecule has 0 saturated carbocycles. The number of rotatable bonds is 3. The fraction of sp³-hybridized carbons (Fsp3) is 0.0909. The molecule has 0 aliphatic heterocycles. The molecule has 1 N–H and O–H groups in total. The molecule has 7 heteroatoms. The zero-order chi connectivity index (χ0) is 20.6. The highest BCUT2D eigenvalue weighted by atomic mass is 19.4. The van der Waals surface area contributed by atoms with Crippen LogP contribution in [0.4, 0.5) is 18.9 Å². The Morgan fingerprint density at radius 3 is 2.41 bits per heavy atom. The number of halogens is 3. The Hall–Kier alpha value is -3.61. The average molecular weight is 395 g/mol. The molecular weight excluding hydrogens is 379 g/mol. The van der Waals surface area contributed by atoms with Crippen molar-refractivity contribution < 1.29 is 18.0 Å². The topological polar surface area (TPSA) is 46.9 Å². The van der Waals surface area contributed by atoms with Crippen LogP contribution in [0.2, 0.25) is 0 Å². The van der Waals surface area contributed by atoms with Gasteiger partial charge in [-0.25, -0.2) is 0 Å². The van der Waals surface area contributed by atoms with Crippen molar-refractivity contribution in [2.75, 3.05) is 5.32 Å². The van der Waals surface area contributed by atoms with Gasteiger partial charge in [-0.15, -0.1) is 0 Å². The monoisotopic (exact) mass is 395 g/mol. The molecule has 0 spiro atoms. The van der Waals surface area contributed by atoms with Crippen LogP contribution in [0.5, 0.6) is 0 Å². The van der Waals surface area contributed by atoms with E-state index in [-0.39, 0.29) is 5.56 Å². The Balaban J connectivity index is 1.53. The van der Waals surface area contributed by atoms with Crippen molar-refractivity contribution in [1.29, 1.82) is 0 Å². The van der Waals surface area contributed by atoms with Crippen LogP contribution in [0.3, 0.4) is 0 Å². The predicted octanol–water partition coefficient (Wildman–Crippen LogP) is 5.51. The van der Waals surface area contributed by atoms with E-state index in [4.69, 9.17) is 0 Å². The molecule has 1 heterocycles. The maximum atomic E-state index is 12.8. The lowest BCUT2D eigenvalue weighted by Crippen LogP contribution is -2.13. The summed E-state index contributed by atoms with van der Waals surface area (Å²) in [4.78, 5) is 12.3. The van der Waals surface area contributed by atoms with Gasteiger partial charge in [-0.05, 0) is 47.5 Å². The molecular formula is C22H16F3N3O. The minimum absolute atomic E-state index is 0.0504. The van der Waals surface area contributed by atoms with E-state index in [1.54, 1.807) is 23.0 Å². The second kappa shape index (κ2) is 7.09. The first-order valence-corrected chi connectivity index (χ1v) is 8.82. The fourth-order valence-corrected chi connectivity index (χ4v) is 3.11. The predicted molar refractivity (Wildman–Crippen MR) is 106 cm³/mol. The number of aromatic nitrogens is 2. The summed E-state index contributed by atoms with van der Waals surface area (Å²) >= 11 is 0. The summed E-state index contributed by atoms with van der Waals surface area (Å²) in [6, 6.07) is 17.5. The van der Waals surface area contributed by atoms with E-state index < -0.39 is 17.6 Å². The third kappa shape index (κ3) is 3.85. The van der Waals surface area contributed by atoms with Gasteiger partial charge in [-0.2, -0.15) is 18.3 Å². The van der Waals surface area contributed by atoms with Gasteiger partial charge >= 0.3 is 6.18 Å². The third-order valence-electron chi connectivity index (χ3n) is 4.68. The number of hydrogen-bond acceptors (Lipinski definition) is 2. The molecule has 1 aromatic heterocycles. The van der Waals surface area contributed by atoms with Crippen molar-refractivity contribution in [2.45, 2.75) is 6.18 Å². The van der Waals surface area contributed by atoms with Gasteiger partial charge in [0.1, 0.15) is 0 Å². The van der Waals surface area contributed by atoms with Crippen molar-refractivity contribution in [3.05, 3.63) is 84.1 Å². The van der Waals surface area contributed by atoms with Crippen LogP contribution in [0.15, 0.2) is 72.9 Å². The maximum absolute atomic E-state index is 12.8. The zero-order valence-corrected chi connectivity index (χ0v) is 15.4. The molecule has 1 amide bonds. The van der Waals surface area contributed by atoms with Crippen molar-refractivity contribution in [2.24, 2.45) is 7.05 Å². The van der Waals surface area contributed by atoms with Crippen molar-refractivity contribution in [3.63, 3.8) is 0 Å². The van der Waals surface area contributed by atoms with Crippen LogP contribution in [0.1, 0.15) is 15.9 Å². The Labute approximate surface area is 164 Å². The molecule has 4 nitrogen and oxygen atoms in total. The molecule has 29 heavy (non-hydrogen) atoms. The summed E-state index contributed by atoms with van der Waals surface area (Å²) in [5, 5.41) is 7.90. The normalized spacial score (nSPS) is 11.6. The van der Waals surface area contributed by atoms with Gasteiger partial charge in [-0.1, -0.05) is 30.3 Å². The van der Waals surface area contributed by atoms with Crippen LogP contribution in [-0.2, 0) is 13.2 Å². The third-order valence-corrected chi connectivity index (χ3v) is 4.68. The van der Waals surface area contributed by atoms with Crippen LogP contribution in [0, 0.1) is 0 Å². The van der Waals surface area contributed by atoms with Gasteiger partial charge in [0.05, 0.1) is 17.3 Å². The molecule has 0 aliphatic carbocycles. The molecule has 0 fully saturated rings. The van der Waals surface area contributed by atoms with Crippen LogP contribution >= 0.6 is 0 Å². The van der Waals surface area contributed by atoms with Crippen molar-refractivity contribution in [3.8, 4) is 11.1 Å². The lowest BCUT2D eigenvalue weighted by molar-refractivity contribution is -0.137. The van der Waals surface area contributed by atoms with Crippen LogP contribution in [0.25, 0.3) is 22.0 Å². The van der Waals surface area contributed by atoms with E-state index in [1.165, 1.54) is 12.1 Å². The number of anilines is 1. The van der Waals surface area contributed by atoms with E-state index in [2.05, 4.69) is 10.4 Å². The Bertz CT molecular complexity index is 1190. The summed E-state index contributed by atoms with van der Waals surface area (Å²) in [5.41, 5.74) is 2.54. The number of carbonyl (C=O) groups is 1. The van der Waals surface area contributed by atoms with Gasteiger partial charge in [0.2, 0.25) is 0 Å². The molecule has 0 aliphatic rings. The molecule has 0 saturated heterocycles. The number of nitrogens with zero attached hydrogens (tertiary/aromatic N) is 2. The Kier molecular flexibility index (Phi) is 4.58. The largest absolute Gasteiger partial charge is 0.416 e. The first-order valence-electron chi connectivity index (χ1n) is 8.82. The fourth-order valence-electron chi connectivity index (χ4n) is 3.11. The standard InChI is InChI=1S/C22H16F3N3O/c1-28-20-12-15(5-6-17(20)13-26-28)14-7-9-19(10-8-14)27-21(29)16-3-2-4-18(11-16)22(23,24)25/h2-13H,1H3,(H,27,29). The SMILES string of the molecule is Cn1ncc2ccc(-c3ccc(NC(=O)c4cccc(C(F)(F)F)c4)cc3)cc21. The van der Waals surface area contributed by atoms with E-state index in [0.29, 0.717) is 5.69 Å². The highest BCUT2D eigenvalue weighted by Gasteiger charge is 2.30. The quantitative estimate of drug-likeness (QED) is 0.497. The summed E-state index contributed by atoms with van der Waals surface area (Å²) in [6.07, 6.45) is -2.70. The first-order chi connectivity index (χ1) is 13.8. The average Bonchev–Trinajstić information content (AvgIpc) is 3.08. The van der Waals surface area contributed by atoms with Crippen LogP contribution < -0.4 is 5.32 Å². The van der Waals surface area contributed by atoms with Gasteiger partial charge in [0.15, 0.2) is 0 Å². The number of carbonyl (C=O) groups excluding carboxylic acids is 1. The van der Waals surface area contributed by atoms with Gasteiger partial charge in [0, 0.05) is 23.7 Å². The molecule has 0 bridgehead atoms. The molecule has 3 aromatic carbocycles. The molecule has 0 unspecified atom stereocenters. The smallest absolute Gasteiger partial charge is 0.322 e. The number of benzene rings is 3. The molecule has 4 rings (SSSR count). The first kappa shape index (κ1) is 18.7. The van der Waals surface area contributed by atoms with Crippen molar-refractivity contribution >= 4 is 22.5 Å². The zero-order valence-electron chi connectivity index (χ0n) is 15.4. The van der Waals surface area contributed by atoms with E-state index in [0.717, 1.165) is 34.2 Å². The second-order valence-electron chi connectivity index (χ2n) is 6.65. The molecule has 4 aromatic rings. The summed E-state index contributed by atoms with van der Waals surface area (Å²) < 4.78 is 40.3. The van der Waals surface area contributed by atoms with Crippen LogP contribution in [-0.4, -0.2) is 15.7 Å². The minimum atomic E-state index is -4.49. The summed E-state index contributed by atoms with van der Waals surface area (Å²) in [5.74, 6) is -0.597. The van der Waals surface area contributed by atoms with E-state index in [9.17, 15) is 18.0 Å². The lowest BCUT2D eigenvalue weighted by atomic mass is 10.0.